The molecule has 20 heavy (non-hydrogen) atoms. The average molecular weight is 281 g/mol. The molecule has 1 aromatic carbocycles. The average Bonchev–Trinajstić information content (AvgIpc) is 2.45. The number of likely N-dealkylation sites (tertiary alicyclic amines) is 1. The zero-order valence-corrected chi connectivity index (χ0v) is 11.0. The van der Waals surface area contributed by atoms with Crippen LogP contribution in [0.3, 0.4) is 0 Å². The number of carboxylic acid groups (broad SMARTS) is 1. The van der Waals surface area contributed by atoms with Crippen molar-refractivity contribution in [3.05, 3.63) is 29.6 Å². The monoisotopic (exact) mass is 281 g/mol. The van der Waals surface area contributed by atoms with Crippen LogP contribution in [0.5, 0.6) is 5.75 Å². The maximum atomic E-state index is 13.1. The van der Waals surface area contributed by atoms with E-state index in [-0.39, 0.29) is 23.8 Å². The minimum Gasteiger partial charge on any atom is -0.483 e. The maximum Gasteiger partial charge on any atom is 0.339 e. The summed E-state index contributed by atoms with van der Waals surface area (Å²) in [5.41, 5.74) is -0.155. The predicted octanol–water partition coefficient (Wildman–Crippen LogP) is 1.92. The van der Waals surface area contributed by atoms with E-state index in [9.17, 15) is 14.0 Å². The molecule has 1 N–H and O–H groups in total. The van der Waals surface area contributed by atoms with Crippen LogP contribution < -0.4 is 4.74 Å². The smallest absolute Gasteiger partial charge is 0.339 e. The molecule has 1 heterocycles. The lowest BCUT2D eigenvalue weighted by molar-refractivity contribution is -0.134. The van der Waals surface area contributed by atoms with E-state index in [2.05, 4.69) is 0 Å². The van der Waals surface area contributed by atoms with Crippen LogP contribution in [0.15, 0.2) is 18.2 Å². The minimum absolute atomic E-state index is 0.122. The standard InChI is InChI=1S/C14H16FNO4/c15-10-4-5-11(14(18)19)12(8-10)20-9-13(17)16-6-2-1-3-7-16/h4-5,8H,1-3,6-7,9H2,(H,18,19). The summed E-state index contributed by atoms with van der Waals surface area (Å²) in [6.45, 7) is 1.11. The molecular weight excluding hydrogens is 265 g/mol. The Morgan fingerprint density at radius 1 is 1.25 bits per heavy atom. The molecule has 0 bridgehead atoms. The molecule has 0 spiro atoms. The van der Waals surface area contributed by atoms with Gasteiger partial charge in [0, 0.05) is 19.2 Å². The van der Waals surface area contributed by atoms with Gasteiger partial charge < -0.3 is 14.7 Å². The fraction of sp³-hybridized carbons (Fsp3) is 0.429. The van der Waals surface area contributed by atoms with E-state index in [0.29, 0.717) is 13.1 Å². The predicted molar refractivity (Wildman–Crippen MR) is 69.3 cm³/mol. The number of rotatable bonds is 4. The number of carbonyl (C=O) groups is 2. The quantitative estimate of drug-likeness (QED) is 0.915. The van der Waals surface area contributed by atoms with Gasteiger partial charge in [0.05, 0.1) is 0 Å². The van der Waals surface area contributed by atoms with Crippen molar-refractivity contribution in [2.75, 3.05) is 19.7 Å². The number of amides is 1. The van der Waals surface area contributed by atoms with E-state index in [1.165, 1.54) is 0 Å². The van der Waals surface area contributed by atoms with Crippen LogP contribution in [0.25, 0.3) is 0 Å². The third-order valence-electron chi connectivity index (χ3n) is 3.23. The highest BCUT2D eigenvalue weighted by atomic mass is 19.1. The van der Waals surface area contributed by atoms with Crippen LogP contribution >= 0.6 is 0 Å². The fourth-order valence-corrected chi connectivity index (χ4v) is 2.17. The van der Waals surface area contributed by atoms with Crippen LogP contribution in [-0.2, 0) is 4.79 Å². The van der Waals surface area contributed by atoms with Crippen LogP contribution in [0.4, 0.5) is 4.39 Å². The number of carboxylic acids is 1. The summed E-state index contributed by atoms with van der Waals surface area (Å²) in [5, 5.41) is 8.97. The maximum absolute atomic E-state index is 13.1. The van der Waals surface area contributed by atoms with E-state index in [4.69, 9.17) is 9.84 Å². The van der Waals surface area contributed by atoms with Gasteiger partial charge in [-0.2, -0.15) is 0 Å². The molecule has 0 atom stereocenters. The minimum atomic E-state index is -1.22. The van der Waals surface area contributed by atoms with Gasteiger partial charge in [-0.25, -0.2) is 9.18 Å². The third kappa shape index (κ3) is 3.46. The van der Waals surface area contributed by atoms with Crippen LogP contribution in [0.1, 0.15) is 29.6 Å². The van der Waals surface area contributed by atoms with Gasteiger partial charge in [0.15, 0.2) is 6.61 Å². The molecular formula is C14H16FNO4. The Balaban J connectivity index is 2.01. The Bertz CT molecular complexity index is 512. The second-order valence-corrected chi connectivity index (χ2v) is 4.68. The summed E-state index contributed by atoms with van der Waals surface area (Å²) >= 11 is 0. The molecule has 0 unspecified atom stereocenters. The van der Waals surface area contributed by atoms with E-state index in [1.807, 2.05) is 0 Å². The summed E-state index contributed by atoms with van der Waals surface area (Å²) in [6, 6.07) is 3.15. The van der Waals surface area contributed by atoms with Gasteiger partial charge in [-0.05, 0) is 31.4 Å². The number of aromatic carboxylic acids is 1. The van der Waals surface area contributed by atoms with Crippen LogP contribution in [-0.4, -0.2) is 41.6 Å². The zero-order chi connectivity index (χ0) is 14.5. The summed E-state index contributed by atoms with van der Waals surface area (Å²) in [5.74, 6) is -2.14. The van der Waals surface area contributed by atoms with Crippen molar-refractivity contribution in [1.82, 2.24) is 4.90 Å². The largest absolute Gasteiger partial charge is 0.483 e. The highest BCUT2D eigenvalue weighted by molar-refractivity contribution is 5.91. The van der Waals surface area contributed by atoms with Gasteiger partial charge in [0.25, 0.3) is 5.91 Å². The normalized spacial score (nSPS) is 14.9. The molecule has 108 valence electrons. The van der Waals surface area contributed by atoms with Gasteiger partial charge >= 0.3 is 5.97 Å². The van der Waals surface area contributed by atoms with Crippen molar-refractivity contribution >= 4 is 11.9 Å². The van der Waals surface area contributed by atoms with Crippen molar-refractivity contribution in [1.29, 1.82) is 0 Å². The Kier molecular flexibility index (Phi) is 4.55. The molecule has 1 aliphatic heterocycles. The molecule has 1 amide bonds. The Labute approximate surface area is 116 Å². The van der Waals surface area contributed by atoms with Crippen molar-refractivity contribution in [3.63, 3.8) is 0 Å². The fourth-order valence-electron chi connectivity index (χ4n) is 2.17. The number of nitrogens with zero attached hydrogens (tertiary/aromatic N) is 1. The molecule has 6 heteroatoms. The second-order valence-electron chi connectivity index (χ2n) is 4.68. The Morgan fingerprint density at radius 2 is 1.95 bits per heavy atom. The number of halogens is 1. The van der Waals surface area contributed by atoms with Crippen molar-refractivity contribution < 1.29 is 23.8 Å². The first kappa shape index (κ1) is 14.3. The molecule has 0 aliphatic carbocycles. The SMILES string of the molecule is O=C(O)c1ccc(F)cc1OCC(=O)N1CCCCC1. The first-order chi connectivity index (χ1) is 9.58. The number of hydrogen-bond acceptors (Lipinski definition) is 3. The molecule has 1 aliphatic rings. The van der Waals surface area contributed by atoms with Gasteiger partial charge in [0.1, 0.15) is 17.1 Å². The van der Waals surface area contributed by atoms with Gasteiger partial charge in [-0.3, -0.25) is 4.79 Å². The van der Waals surface area contributed by atoms with Crippen molar-refractivity contribution in [2.24, 2.45) is 0 Å². The molecule has 5 nitrogen and oxygen atoms in total. The molecule has 1 fully saturated rings. The van der Waals surface area contributed by atoms with E-state index in [1.54, 1.807) is 4.90 Å². The van der Waals surface area contributed by atoms with E-state index in [0.717, 1.165) is 37.5 Å². The topological polar surface area (TPSA) is 66.8 Å². The highest BCUT2D eigenvalue weighted by Crippen LogP contribution is 2.20. The molecule has 0 aromatic heterocycles. The number of piperidine rings is 1. The highest BCUT2D eigenvalue weighted by Gasteiger charge is 2.18. The summed E-state index contributed by atoms with van der Waals surface area (Å²) in [6.07, 6.45) is 3.04. The summed E-state index contributed by atoms with van der Waals surface area (Å²) in [7, 11) is 0. The Morgan fingerprint density at radius 3 is 2.60 bits per heavy atom. The van der Waals surface area contributed by atoms with E-state index < -0.39 is 11.8 Å². The lowest BCUT2D eigenvalue weighted by Crippen LogP contribution is -2.38. The molecule has 1 saturated heterocycles. The number of hydrogen-bond donors (Lipinski definition) is 1. The van der Waals surface area contributed by atoms with Gasteiger partial charge in [-0.1, -0.05) is 0 Å². The molecule has 0 saturated carbocycles. The van der Waals surface area contributed by atoms with Crippen molar-refractivity contribution in [3.8, 4) is 5.75 Å². The van der Waals surface area contributed by atoms with Crippen LogP contribution in [0.2, 0.25) is 0 Å². The second kappa shape index (κ2) is 6.36. The lowest BCUT2D eigenvalue weighted by atomic mass is 10.1. The third-order valence-corrected chi connectivity index (χ3v) is 3.23. The molecule has 2 rings (SSSR count). The first-order valence-electron chi connectivity index (χ1n) is 6.51. The number of carbonyl (C=O) groups excluding carboxylic acids is 1. The van der Waals surface area contributed by atoms with Gasteiger partial charge in [0.2, 0.25) is 0 Å². The molecule has 0 radical (unpaired) electrons. The zero-order valence-electron chi connectivity index (χ0n) is 11.0. The first-order valence-corrected chi connectivity index (χ1v) is 6.51. The van der Waals surface area contributed by atoms with Gasteiger partial charge in [-0.15, -0.1) is 0 Å². The lowest BCUT2D eigenvalue weighted by Gasteiger charge is -2.26. The summed E-state index contributed by atoms with van der Waals surface area (Å²) < 4.78 is 18.3. The van der Waals surface area contributed by atoms with Crippen LogP contribution in [0, 0.1) is 5.82 Å². The van der Waals surface area contributed by atoms with Crippen molar-refractivity contribution in [2.45, 2.75) is 19.3 Å². The number of benzene rings is 1. The number of ether oxygens (including phenoxy) is 1. The molecule has 1 aromatic rings. The Hall–Kier alpha value is -2.11. The summed E-state index contributed by atoms with van der Waals surface area (Å²) in [4.78, 5) is 24.6. The van der Waals surface area contributed by atoms with E-state index >= 15 is 0 Å².